The van der Waals surface area contributed by atoms with Gasteiger partial charge in [-0.05, 0) is 12.8 Å². The number of amides is 2. The van der Waals surface area contributed by atoms with Crippen LogP contribution in [0.2, 0.25) is 0 Å². The lowest BCUT2D eigenvalue weighted by Gasteiger charge is -2.21. The van der Waals surface area contributed by atoms with Crippen molar-refractivity contribution in [2.75, 3.05) is 19.3 Å². The third-order valence-corrected chi connectivity index (χ3v) is 4.42. The molecule has 0 saturated carbocycles. The number of carbonyl (C=O) groups excluding carboxylic acids is 2. The molecule has 1 rings (SSSR count). The first-order valence-electron chi connectivity index (χ1n) is 5.87. The number of nitrogens with one attached hydrogen (secondary N) is 2. The van der Waals surface area contributed by atoms with Crippen LogP contribution in [0.4, 0.5) is 0 Å². The van der Waals surface area contributed by atoms with Gasteiger partial charge in [0.05, 0.1) is 5.92 Å². The molecule has 0 aliphatic carbocycles. The monoisotopic (exact) mass is 260 g/mol. The Balaban J connectivity index is 2.21. The molecule has 17 heavy (non-hydrogen) atoms. The van der Waals surface area contributed by atoms with Gasteiger partial charge >= 0.3 is 0 Å². The Hall–Kier alpha value is -0.910. The third-order valence-electron chi connectivity index (χ3n) is 3.05. The van der Waals surface area contributed by atoms with Crippen LogP contribution in [0.5, 0.6) is 0 Å². The maximum atomic E-state index is 11.7. The van der Waals surface area contributed by atoms with Gasteiger partial charge in [0.2, 0.25) is 11.8 Å². The van der Waals surface area contributed by atoms with E-state index in [1.54, 1.807) is 6.26 Å². The van der Waals surface area contributed by atoms with Crippen molar-refractivity contribution in [1.29, 1.82) is 0 Å². The molecule has 1 aliphatic heterocycles. The van der Waals surface area contributed by atoms with E-state index in [1.165, 1.54) is 0 Å². The molecule has 1 heterocycles. The summed E-state index contributed by atoms with van der Waals surface area (Å²) in [4.78, 5) is 22.7. The first-order valence-corrected chi connectivity index (χ1v) is 7.49. The van der Waals surface area contributed by atoms with E-state index in [1.807, 2.05) is 6.92 Å². The minimum absolute atomic E-state index is 0.0147. The summed E-state index contributed by atoms with van der Waals surface area (Å²) in [5.41, 5.74) is 0. The number of rotatable bonds is 5. The number of hydrogen-bond donors (Lipinski definition) is 2. The fraction of sp³-hybridized carbons (Fsp3) is 0.818. The number of piperidine rings is 1. The Bertz CT molecular complexity index is 310. The van der Waals surface area contributed by atoms with Crippen molar-refractivity contribution in [2.24, 2.45) is 5.92 Å². The van der Waals surface area contributed by atoms with Crippen LogP contribution >= 0.6 is 0 Å². The van der Waals surface area contributed by atoms with Gasteiger partial charge in [-0.1, -0.05) is 6.92 Å². The van der Waals surface area contributed by atoms with Crippen LogP contribution in [0.15, 0.2) is 0 Å². The van der Waals surface area contributed by atoms with Gasteiger partial charge in [0.15, 0.2) is 0 Å². The minimum Gasteiger partial charge on any atom is -0.356 e. The maximum Gasteiger partial charge on any atom is 0.224 e. The summed E-state index contributed by atoms with van der Waals surface area (Å²) in [5.74, 6) is -0.113. The lowest BCUT2D eigenvalue weighted by atomic mass is 9.98. The second-order valence-electron chi connectivity index (χ2n) is 4.43. The van der Waals surface area contributed by atoms with Crippen molar-refractivity contribution in [3.05, 3.63) is 0 Å². The topological polar surface area (TPSA) is 75.3 Å². The van der Waals surface area contributed by atoms with Crippen LogP contribution < -0.4 is 10.6 Å². The Kier molecular flexibility index (Phi) is 5.61. The summed E-state index contributed by atoms with van der Waals surface area (Å²) in [6, 6.07) is 0. The average Bonchev–Trinajstić information content (AvgIpc) is 2.29. The van der Waals surface area contributed by atoms with Crippen LogP contribution in [0.1, 0.15) is 26.2 Å². The zero-order chi connectivity index (χ0) is 12.8. The van der Waals surface area contributed by atoms with Crippen molar-refractivity contribution in [3.63, 3.8) is 0 Å². The van der Waals surface area contributed by atoms with Crippen LogP contribution in [0.3, 0.4) is 0 Å². The molecule has 0 aromatic heterocycles. The molecule has 98 valence electrons. The molecular weight excluding hydrogens is 240 g/mol. The SMILES string of the molecule is CC(CCNC(=O)C1CCC(=O)NC1)S(C)=O. The second kappa shape index (κ2) is 6.74. The quantitative estimate of drug-likeness (QED) is 0.718. The molecule has 2 N–H and O–H groups in total. The van der Waals surface area contributed by atoms with Crippen molar-refractivity contribution in [1.82, 2.24) is 10.6 Å². The van der Waals surface area contributed by atoms with Gasteiger partial charge in [-0.25, -0.2) is 0 Å². The van der Waals surface area contributed by atoms with Gasteiger partial charge < -0.3 is 10.6 Å². The predicted molar refractivity (Wildman–Crippen MR) is 66.9 cm³/mol. The van der Waals surface area contributed by atoms with Crippen LogP contribution in [-0.2, 0) is 20.4 Å². The van der Waals surface area contributed by atoms with Crippen molar-refractivity contribution >= 4 is 22.6 Å². The highest BCUT2D eigenvalue weighted by molar-refractivity contribution is 7.84. The van der Waals surface area contributed by atoms with E-state index in [9.17, 15) is 13.8 Å². The molecule has 3 unspecified atom stereocenters. The van der Waals surface area contributed by atoms with Crippen molar-refractivity contribution in [3.8, 4) is 0 Å². The zero-order valence-corrected chi connectivity index (χ0v) is 11.1. The summed E-state index contributed by atoms with van der Waals surface area (Å²) in [6.45, 7) is 2.88. The Morgan fingerprint density at radius 2 is 2.35 bits per heavy atom. The highest BCUT2D eigenvalue weighted by Crippen LogP contribution is 2.10. The first kappa shape index (κ1) is 14.2. The summed E-state index contributed by atoms with van der Waals surface area (Å²) in [6.07, 6.45) is 3.43. The smallest absolute Gasteiger partial charge is 0.224 e. The van der Waals surface area contributed by atoms with E-state index < -0.39 is 10.8 Å². The Labute approximate surface area is 104 Å². The number of hydrogen-bond acceptors (Lipinski definition) is 3. The second-order valence-corrected chi connectivity index (χ2v) is 6.23. The largest absolute Gasteiger partial charge is 0.356 e. The molecule has 0 radical (unpaired) electrons. The van der Waals surface area contributed by atoms with Gasteiger partial charge in [-0.2, -0.15) is 0 Å². The zero-order valence-electron chi connectivity index (χ0n) is 10.3. The normalized spacial score (nSPS) is 23.6. The summed E-state index contributed by atoms with van der Waals surface area (Å²) >= 11 is 0. The lowest BCUT2D eigenvalue weighted by molar-refractivity contribution is -0.128. The standard InChI is InChI=1S/C11H20N2O3S/c1-8(17(2)16)5-6-12-11(15)9-3-4-10(14)13-7-9/h8-9H,3-7H2,1-2H3,(H,12,15)(H,13,14). The van der Waals surface area contributed by atoms with Gasteiger partial charge in [0.25, 0.3) is 0 Å². The molecular formula is C11H20N2O3S. The average molecular weight is 260 g/mol. The molecule has 1 fully saturated rings. The van der Waals surface area contributed by atoms with E-state index in [2.05, 4.69) is 10.6 Å². The van der Waals surface area contributed by atoms with Crippen molar-refractivity contribution in [2.45, 2.75) is 31.4 Å². The fourth-order valence-corrected chi connectivity index (χ4v) is 2.12. The highest BCUT2D eigenvalue weighted by Gasteiger charge is 2.24. The molecule has 1 saturated heterocycles. The summed E-state index contributed by atoms with van der Waals surface area (Å²) in [5, 5.41) is 5.61. The maximum absolute atomic E-state index is 11.7. The molecule has 0 bridgehead atoms. The van der Waals surface area contributed by atoms with E-state index in [0.29, 0.717) is 32.4 Å². The molecule has 5 nitrogen and oxygen atoms in total. The van der Waals surface area contributed by atoms with Crippen LogP contribution in [0.25, 0.3) is 0 Å². The van der Waals surface area contributed by atoms with Gasteiger partial charge in [0.1, 0.15) is 0 Å². The molecule has 1 aliphatic rings. The van der Waals surface area contributed by atoms with E-state index in [-0.39, 0.29) is 23.0 Å². The molecule has 3 atom stereocenters. The third kappa shape index (κ3) is 4.85. The Morgan fingerprint density at radius 1 is 1.65 bits per heavy atom. The van der Waals surface area contributed by atoms with Crippen molar-refractivity contribution < 1.29 is 13.8 Å². The lowest BCUT2D eigenvalue weighted by Crippen LogP contribution is -2.43. The molecule has 6 heteroatoms. The molecule has 0 aromatic rings. The highest BCUT2D eigenvalue weighted by atomic mass is 32.2. The van der Waals surface area contributed by atoms with E-state index in [4.69, 9.17) is 0 Å². The fourth-order valence-electron chi connectivity index (χ4n) is 1.67. The minimum atomic E-state index is -0.843. The molecule has 0 spiro atoms. The predicted octanol–water partition coefficient (Wildman–Crippen LogP) is -0.214. The van der Waals surface area contributed by atoms with Crippen LogP contribution in [-0.4, -0.2) is 40.6 Å². The van der Waals surface area contributed by atoms with Crippen LogP contribution in [0, 0.1) is 5.92 Å². The van der Waals surface area contributed by atoms with Gasteiger partial charge in [0, 0.05) is 41.8 Å². The number of carbonyl (C=O) groups is 2. The van der Waals surface area contributed by atoms with Gasteiger partial charge in [-0.15, -0.1) is 0 Å². The first-order chi connectivity index (χ1) is 8.00. The molecule has 2 amide bonds. The summed E-state index contributed by atoms with van der Waals surface area (Å²) in [7, 11) is -0.843. The van der Waals surface area contributed by atoms with Gasteiger partial charge in [-0.3, -0.25) is 13.8 Å². The Morgan fingerprint density at radius 3 is 2.88 bits per heavy atom. The van der Waals surface area contributed by atoms with E-state index >= 15 is 0 Å². The molecule has 0 aromatic carbocycles. The van der Waals surface area contributed by atoms with E-state index in [0.717, 1.165) is 0 Å². The summed E-state index contributed by atoms with van der Waals surface area (Å²) < 4.78 is 11.1.